The summed E-state index contributed by atoms with van der Waals surface area (Å²) in [5.74, 6) is -0.262. The quantitative estimate of drug-likeness (QED) is 0.457. The van der Waals surface area contributed by atoms with Crippen LogP contribution in [0.25, 0.3) is 17.0 Å². The first-order valence-corrected chi connectivity index (χ1v) is 10.2. The zero-order valence-electron chi connectivity index (χ0n) is 17.6. The molecule has 0 atom stereocenters. The van der Waals surface area contributed by atoms with E-state index in [-0.39, 0.29) is 5.91 Å². The van der Waals surface area contributed by atoms with Crippen LogP contribution in [0.15, 0.2) is 57.9 Å². The summed E-state index contributed by atoms with van der Waals surface area (Å²) < 4.78 is 5.55. The lowest BCUT2D eigenvalue weighted by Crippen LogP contribution is -2.24. The Bertz CT molecular complexity index is 1100. The number of pyridine rings is 1. The van der Waals surface area contributed by atoms with Crippen molar-refractivity contribution in [1.82, 2.24) is 10.3 Å². The summed E-state index contributed by atoms with van der Waals surface area (Å²) in [6.45, 7) is 8.27. The van der Waals surface area contributed by atoms with Crippen molar-refractivity contribution >= 4 is 28.6 Å². The van der Waals surface area contributed by atoms with Gasteiger partial charge in [-0.25, -0.2) is 4.79 Å². The fourth-order valence-corrected chi connectivity index (χ4v) is 3.41. The predicted octanol–water partition coefficient (Wildman–Crippen LogP) is 3.71. The Morgan fingerprint density at radius 3 is 2.70 bits per heavy atom. The van der Waals surface area contributed by atoms with Crippen molar-refractivity contribution in [2.75, 3.05) is 24.5 Å². The van der Waals surface area contributed by atoms with Crippen LogP contribution in [0.3, 0.4) is 0 Å². The van der Waals surface area contributed by atoms with E-state index in [1.165, 1.54) is 12.2 Å². The van der Waals surface area contributed by atoms with Crippen molar-refractivity contribution in [3.8, 4) is 0 Å². The molecule has 0 saturated carbocycles. The summed E-state index contributed by atoms with van der Waals surface area (Å²) in [6, 6.07) is 11.6. The molecule has 3 rings (SSSR count). The number of aryl methyl sites for hydroxylation is 1. The Balaban J connectivity index is 1.74. The van der Waals surface area contributed by atoms with E-state index in [0.29, 0.717) is 24.1 Å². The van der Waals surface area contributed by atoms with E-state index in [2.05, 4.69) is 29.0 Å². The van der Waals surface area contributed by atoms with Gasteiger partial charge in [0.2, 0.25) is 5.91 Å². The molecule has 2 heterocycles. The third-order valence-electron chi connectivity index (χ3n) is 5.13. The van der Waals surface area contributed by atoms with Gasteiger partial charge in [-0.1, -0.05) is 6.07 Å². The van der Waals surface area contributed by atoms with Crippen LogP contribution in [0.4, 0.5) is 5.69 Å². The highest BCUT2D eigenvalue weighted by Gasteiger charge is 2.11. The first kappa shape index (κ1) is 21.3. The summed E-state index contributed by atoms with van der Waals surface area (Å²) in [4.78, 5) is 31.1. The zero-order valence-corrected chi connectivity index (χ0v) is 17.6. The Hall–Kier alpha value is -3.41. The van der Waals surface area contributed by atoms with E-state index in [0.717, 1.165) is 35.4 Å². The van der Waals surface area contributed by atoms with E-state index in [9.17, 15) is 9.59 Å². The molecule has 0 spiro atoms. The number of anilines is 1. The van der Waals surface area contributed by atoms with Crippen LogP contribution in [0, 0.1) is 6.92 Å². The van der Waals surface area contributed by atoms with Gasteiger partial charge in [0.15, 0.2) is 0 Å². The predicted molar refractivity (Wildman–Crippen MR) is 121 cm³/mol. The number of nitrogens with zero attached hydrogens (tertiary/aromatic N) is 2. The molecule has 1 aromatic carbocycles. The normalized spacial score (nSPS) is 11.2. The molecule has 0 aliphatic heterocycles. The van der Waals surface area contributed by atoms with Crippen molar-refractivity contribution in [3.05, 3.63) is 75.9 Å². The average molecular weight is 405 g/mol. The summed E-state index contributed by atoms with van der Waals surface area (Å²) >= 11 is 0. The van der Waals surface area contributed by atoms with Gasteiger partial charge in [-0.15, -0.1) is 0 Å². The van der Waals surface area contributed by atoms with Crippen LogP contribution in [-0.4, -0.2) is 30.5 Å². The average Bonchev–Trinajstić information content (AvgIpc) is 2.75. The number of aromatic nitrogens is 1. The Morgan fingerprint density at radius 1 is 1.20 bits per heavy atom. The first-order chi connectivity index (χ1) is 14.5. The highest BCUT2D eigenvalue weighted by atomic mass is 16.4. The third kappa shape index (κ3) is 4.95. The number of carbonyl (C=O) groups excluding carboxylic acids is 1. The Morgan fingerprint density at radius 2 is 2.00 bits per heavy atom. The lowest BCUT2D eigenvalue weighted by molar-refractivity contribution is -0.116. The molecule has 0 radical (unpaired) electrons. The van der Waals surface area contributed by atoms with Crippen LogP contribution < -0.4 is 15.8 Å². The van der Waals surface area contributed by atoms with Gasteiger partial charge in [-0.2, -0.15) is 0 Å². The molecular weight excluding hydrogens is 378 g/mol. The standard InChI is InChI=1S/C24H27N3O3/c1-4-27(5-2)19-9-10-20-17(3)21(24(29)30-22(20)16-19)11-12-23(28)26-15-13-18-8-6-7-14-25-18/h6-12,14,16H,4-5,13,15H2,1-3H3,(H,26,28). The minimum Gasteiger partial charge on any atom is -0.422 e. The Kier molecular flexibility index (Phi) is 7.01. The second-order valence-corrected chi connectivity index (χ2v) is 6.98. The smallest absolute Gasteiger partial charge is 0.343 e. The Labute approximate surface area is 176 Å². The largest absolute Gasteiger partial charge is 0.422 e. The maximum Gasteiger partial charge on any atom is 0.343 e. The van der Waals surface area contributed by atoms with Crippen molar-refractivity contribution in [2.24, 2.45) is 0 Å². The maximum atomic E-state index is 12.5. The van der Waals surface area contributed by atoms with Crippen LogP contribution >= 0.6 is 0 Å². The third-order valence-corrected chi connectivity index (χ3v) is 5.13. The fourth-order valence-electron chi connectivity index (χ4n) is 3.41. The minimum absolute atomic E-state index is 0.262. The zero-order chi connectivity index (χ0) is 21.5. The number of hydrogen-bond acceptors (Lipinski definition) is 5. The molecule has 6 nitrogen and oxygen atoms in total. The first-order valence-electron chi connectivity index (χ1n) is 10.2. The van der Waals surface area contributed by atoms with E-state index < -0.39 is 5.63 Å². The molecule has 0 aliphatic rings. The summed E-state index contributed by atoms with van der Waals surface area (Å²) in [5, 5.41) is 3.67. The van der Waals surface area contributed by atoms with Gasteiger partial charge in [0.25, 0.3) is 0 Å². The van der Waals surface area contributed by atoms with Gasteiger partial charge in [0.1, 0.15) is 5.58 Å². The molecule has 0 fully saturated rings. The number of carbonyl (C=O) groups is 1. The number of nitrogens with one attached hydrogen (secondary N) is 1. The van der Waals surface area contributed by atoms with E-state index in [1.54, 1.807) is 6.20 Å². The molecule has 0 aliphatic carbocycles. The summed E-state index contributed by atoms with van der Waals surface area (Å²) in [6.07, 6.45) is 5.26. The van der Waals surface area contributed by atoms with Gasteiger partial charge >= 0.3 is 5.63 Å². The number of fused-ring (bicyclic) bond motifs is 1. The SMILES string of the molecule is CCN(CC)c1ccc2c(C)c(C=CC(=O)NCCc3ccccn3)c(=O)oc2c1. The highest BCUT2D eigenvalue weighted by molar-refractivity contribution is 5.93. The topological polar surface area (TPSA) is 75.4 Å². The van der Waals surface area contributed by atoms with Gasteiger partial charge in [0.05, 0.1) is 5.56 Å². The van der Waals surface area contributed by atoms with Gasteiger partial charge in [-0.05, 0) is 56.7 Å². The second-order valence-electron chi connectivity index (χ2n) is 6.98. The van der Waals surface area contributed by atoms with Gasteiger partial charge in [0, 0.05) is 61.2 Å². The lowest BCUT2D eigenvalue weighted by atomic mass is 10.0. The maximum absolute atomic E-state index is 12.5. The van der Waals surface area contributed by atoms with E-state index in [1.807, 2.05) is 43.3 Å². The molecular formula is C24H27N3O3. The monoisotopic (exact) mass is 405 g/mol. The number of hydrogen-bond donors (Lipinski definition) is 1. The van der Waals surface area contributed by atoms with Crippen molar-refractivity contribution in [2.45, 2.75) is 27.2 Å². The van der Waals surface area contributed by atoms with Crippen molar-refractivity contribution < 1.29 is 9.21 Å². The summed E-state index contributed by atoms with van der Waals surface area (Å²) in [7, 11) is 0. The molecule has 0 unspecified atom stereocenters. The van der Waals surface area contributed by atoms with Gasteiger partial charge in [-0.3, -0.25) is 9.78 Å². The molecule has 30 heavy (non-hydrogen) atoms. The van der Waals surface area contributed by atoms with Gasteiger partial charge < -0.3 is 14.6 Å². The highest BCUT2D eigenvalue weighted by Crippen LogP contribution is 2.25. The van der Waals surface area contributed by atoms with Crippen LogP contribution in [0.1, 0.15) is 30.7 Å². The van der Waals surface area contributed by atoms with Crippen molar-refractivity contribution in [3.63, 3.8) is 0 Å². The molecule has 0 bridgehead atoms. The lowest BCUT2D eigenvalue weighted by Gasteiger charge is -2.21. The van der Waals surface area contributed by atoms with Crippen LogP contribution in [0.2, 0.25) is 0 Å². The molecule has 1 N–H and O–H groups in total. The minimum atomic E-state index is -0.450. The van der Waals surface area contributed by atoms with Crippen LogP contribution in [0.5, 0.6) is 0 Å². The van der Waals surface area contributed by atoms with E-state index in [4.69, 9.17) is 4.42 Å². The number of benzene rings is 1. The molecule has 0 saturated heterocycles. The summed E-state index contributed by atoms with van der Waals surface area (Å²) in [5.41, 5.74) is 3.22. The molecule has 1 amide bonds. The van der Waals surface area contributed by atoms with Crippen LogP contribution in [-0.2, 0) is 11.2 Å². The fraction of sp³-hybridized carbons (Fsp3) is 0.292. The second kappa shape index (κ2) is 9.87. The van der Waals surface area contributed by atoms with Crippen molar-refractivity contribution in [1.29, 1.82) is 0 Å². The molecule has 2 aromatic heterocycles. The molecule has 156 valence electrons. The van der Waals surface area contributed by atoms with E-state index >= 15 is 0 Å². The molecule has 6 heteroatoms. The number of amides is 1. The number of rotatable bonds is 8. The molecule has 3 aromatic rings.